The second-order valence-corrected chi connectivity index (χ2v) is 13.5. The molecule has 1 saturated heterocycles. The first kappa shape index (κ1) is 25.0. The Morgan fingerprint density at radius 2 is 1.51 bits per heavy atom. The highest BCUT2D eigenvalue weighted by molar-refractivity contribution is 5.82. The van der Waals surface area contributed by atoms with Crippen LogP contribution < -0.4 is 0 Å². The van der Waals surface area contributed by atoms with Crippen molar-refractivity contribution in [1.29, 1.82) is 0 Å². The average molecular weight is 491 g/mol. The quantitative estimate of drug-likeness (QED) is 0.348. The van der Waals surface area contributed by atoms with Gasteiger partial charge in [-0.15, -0.1) is 0 Å². The number of ether oxygens (including phenoxy) is 3. The van der Waals surface area contributed by atoms with Gasteiger partial charge in [0.1, 0.15) is 12.2 Å². The normalized spacial score (nSPS) is 40.0. The van der Waals surface area contributed by atoms with Gasteiger partial charge in [0.25, 0.3) is 0 Å². The van der Waals surface area contributed by atoms with Crippen molar-refractivity contribution in [2.24, 2.45) is 39.9 Å². The first-order chi connectivity index (χ1) is 16.3. The lowest BCUT2D eigenvalue weighted by molar-refractivity contribution is -0.175. The lowest BCUT2D eigenvalue weighted by atomic mass is 9.65. The third-order valence-corrected chi connectivity index (χ3v) is 10.2. The van der Waals surface area contributed by atoms with Crippen LogP contribution in [0.5, 0.6) is 0 Å². The van der Waals surface area contributed by atoms with Crippen molar-refractivity contribution in [1.82, 2.24) is 0 Å². The van der Waals surface area contributed by atoms with E-state index in [0.717, 1.165) is 32.1 Å². The number of carbonyl (C=O) groups excluding carboxylic acids is 2. The van der Waals surface area contributed by atoms with E-state index in [9.17, 15) is 19.5 Å². The summed E-state index contributed by atoms with van der Waals surface area (Å²) in [4.78, 5) is 39.3. The number of aliphatic carboxylic acids is 1. The first-order valence-electron chi connectivity index (χ1n) is 13.7. The SMILES string of the molecule is CCC(C)(CC(C)(CC(C)(C)C(=O)O)C(=O)OC1CC2CC1C1OC21)C(=O)OC1CC2CCC1C2. The van der Waals surface area contributed by atoms with Crippen LogP contribution >= 0.6 is 0 Å². The molecule has 35 heavy (non-hydrogen) atoms. The molecule has 0 amide bonds. The summed E-state index contributed by atoms with van der Waals surface area (Å²) in [5, 5.41) is 9.85. The minimum Gasteiger partial charge on any atom is -0.481 e. The average Bonchev–Trinajstić information content (AvgIpc) is 3.10. The summed E-state index contributed by atoms with van der Waals surface area (Å²) < 4.78 is 17.9. The van der Waals surface area contributed by atoms with Crippen molar-refractivity contribution in [2.75, 3.05) is 0 Å². The number of carboxylic acids is 1. The predicted octanol–water partition coefficient (Wildman–Crippen LogP) is 4.75. The fourth-order valence-electron chi connectivity index (χ4n) is 8.03. The molecule has 10 atom stereocenters. The Hall–Kier alpha value is -1.63. The fourth-order valence-corrected chi connectivity index (χ4v) is 8.03. The van der Waals surface area contributed by atoms with Gasteiger partial charge in [-0.3, -0.25) is 14.4 Å². The number of carbonyl (C=O) groups is 3. The van der Waals surface area contributed by atoms with Crippen molar-refractivity contribution < 1.29 is 33.7 Å². The van der Waals surface area contributed by atoms with Crippen LogP contribution in [0.25, 0.3) is 0 Å². The summed E-state index contributed by atoms with van der Waals surface area (Å²) in [6, 6.07) is 0. The van der Waals surface area contributed by atoms with E-state index in [4.69, 9.17) is 14.2 Å². The highest BCUT2D eigenvalue weighted by atomic mass is 16.6. The van der Waals surface area contributed by atoms with Crippen molar-refractivity contribution in [3.63, 3.8) is 0 Å². The minimum atomic E-state index is -1.14. The summed E-state index contributed by atoms with van der Waals surface area (Å²) in [6.45, 7) is 8.86. The maximum absolute atomic E-state index is 13.8. The number of esters is 2. The minimum absolute atomic E-state index is 0.0266. The Balaban J connectivity index is 1.33. The van der Waals surface area contributed by atoms with Gasteiger partial charge < -0.3 is 19.3 Å². The van der Waals surface area contributed by atoms with Crippen LogP contribution in [0, 0.1) is 39.9 Å². The van der Waals surface area contributed by atoms with E-state index in [1.807, 2.05) is 13.8 Å². The Morgan fingerprint density at radius 3 is 2.06 bits per heavy atom. The van der Waals surface area contributed by atoms with Gasteiger partial charge in [-0.1, -0.05) is 6.92 Å². The molecule has 0 aromatic rings. The van der Waals surface area contributed by atoms with E-state index >= 15 is 0 Å². The van der Waals surface area contributed by atoms with Crippen LogP contribution in [-0.2, 0) is 28.6 Å². The van der Waals surface area contributed by atoms with Crippen molar-refractivity contribution in [3.05, 3.63) is 0 Å². The molecule has 5 rings (SSSR count). The molecule has 4 saturated carbocycles. The Labute approximate surface area is 208 Å². The molecule has 0 aromatic carbocycles. The van der Waals surface area contributed by atoms with E-state index < -0.39 is 28.2 Å². The highest BCUT2D eigenvalue weighted by Gasteiger charge is 2.65. The van der Waals surface area contributed by atoms with Crippen molar-refractivity contribution in [2.45, 2.75) is 117 Å². The van der Waals surface area contributed by atoms with Gasteiger partial charge in [-0.05, 0) is 103 Å². The Kier molecular flexibility index (Phi) is 6.05. The summed E-state index contributed by atoms with van der Waals surface area (Å²) in [7, 11) is 0. The Morgan fingerprint density at radius 1 is 0.829 bits per heavy atom. The lowest BCUT2D eigenvalue weighted by Crippen LogP contribution is -2.46. The summed E-state index contributed by atoms with van der Waals surface area (Å²) in [5.41, 5.74) is -3.17. The highest BCUT2D eigenvalue weighted by Crippen LogP contribution is 2.58. The second kappa shape index (κ2) is 8.46. The molecule has 10 unspecified atom stereocenters. The molecule has 1 N–H and O–H groups in total. The Bertz CT molecular complexity index is 898. The number of rotatable bonds is 10. The van der Waals surface area contributed by atoms with Gasteiger partial charge in [0.2, 0.25) is 0 Å². The predicted molar refractivity (Wildman–Crippen MR) is 127 cm³/mol. The second-order valence-electron chi connectivity index (χ2n) is 13.5. The molecule has 1 heterocycles. The summed E-state index contributed by atoms with van der Waals surface area (Å²) in [6.07, 6.45) is 7.44. The molecule has 7 heteroatoms. The molecule has 5 aliphatic rings. The zero-order chi connectivity index (χ0) is 25.3. The van der Waals surface area contributed by atoms with Crippen molar-refractivity contribution >= 4 is 17.9 Å². The summed E-state index contributed by atoms with van der Waals surface area (Å²) >= 11 is 0. The van der Waals surface area contributed by atoms with E-state index in [-0.39, 0.29) is 43.0 Å². The molecule has 7 nitrogen and oxygen atoms in total. The molecule has 5 fully saturated rings. The number of carboxylic acid groups (broad SMARTS) is 1. The van der Waals surface area contributed by atoms with Crippen LogP contribution in [0.1, 0.15) is 92.4 Å². The topological polar surface area (TPSA) is 102 Å². The molecular weight excluding hydrogens is 448 g/mol. The van der Waals surface area contributed by atoms with Gasteiger partial charge in [0.15, 0.2) is 0 Å². The molecule has 4 aliphatic carbocycles. The fraction of sp³-hybridized carbons (Fsp3) is 0.893. The zero-order valence-corrected chi connectivity index (χ0v) is 21.9. The number of epoxide rings is 1. The van der Waals surface area contributed by atoms with E-state index in [1.165, 1.54) is 6.42 Å². The van der Waals surface area contributed by atoms with Crippen LogP contribution in [0.2, 0.25) is 0 Å². The van der Waals surface area contributed by atoms with Crippen LogP contribution in [-0.4, -0.2) is 47.4 Å². The van der Waals surface area contributed by atoms with E-state index in [1.54, 1.807) is 20.8 Å². The number of fused-ring (bicyclic) bond motifs is 7. The van der Waals surface area contributed by atoms with E-state index in [0.29, 0.717) is 30.3 Å². The molecule has 0 radical (unpaired) electrons. The van der Waals surface area contributed by atoms with Gasteiger partial charge in [0, 0.05) is 5.92 Å². The molecule has 196 valence electrons. The van der Waals surface area contributed by atoms with E-state index in [2.05, 4.69) is 0 Å². The summed E-state index contributed by atoms with van der Waals surface area (Å²) in [5.74, 6) is 0.201. The maximum Gasteiger partial charge on any atom is 0.312 e. The molecule has 0 aromatic heterocycles. The van der Waals surface area contributed by atoms with Crippen LogP contribution in [0.3, 0.4) is 0 Å². The molecular formula is C28H42O7. The molecule has 0 spiro atoms. The standard InChI is InChI=1S/C28H42O7/c1-6-27(4,24(31)33-19-10-15-7-8-16(19)9-15)14-28(5,13-26(2,3)23(29)30)25(32)34-20-12-17-11-18(20)22-21(17)35-22/h15-22H,6-14H2,1-5H3,(H,29,30). The number of hydrogen-bond acceptors (Lipinski definition) is 6. The smallest absolute Gasteiger partial charge is 0.312 e. The monoisotopic (exact) mass is 490 g/mol. The van der Waals surface area contributed by atoms with Crippen LogP contribution in [0.15, 0.2) is 0 Å². The maximum atomic E-state index is 13.8. The third-order valence-electron chi connectivity index (χ3n) is 10.2. The first-order valence-corrected chi connectivity index (χ1v) is 13.7. The lowest BCUT2D eigenvalue weighted by Gasteiger charge is -2.40. The third kappa shape index (κ3) is 4.40. The zero-order valence-electron chi connectivity index (χ0n) is 21.9. The van der Waals surface area contributed by atoms with Gasteiger partial charge in [-0.25, -0.2) is 0 Å². The van der Waals surface area contributed by atoms with Gasteiger partial charge in [0.05, 0.1) is 28.5 Å². The van der Waals surface area contributed by atoms with Crippen molar-refractivity contribution in [3.8, 4) is 0 Å². The molecule has 1 aliphatic heterocycles. The van der Waals surface area contributed by atoms with Gasteiger partial charge >= 0.3 is 17.9 Å². The molecule has 4 bridgehead atoms. The van der Waals surface area contributed by atoms with Crippen LogP contribution in [0.4, 0.5) is 0 Å². The largest absolute Gasteiger partial charge is 0.481 e. The number of hydrogen-bond donors (Lipinski definition) is 1. The van der Waals surface area contributed by atoms with Gasteiger partial charge in [-0.2, -0.15) is 0 Å².